The molecule has 2 heterocycles. The van der Waals surface area contributed by atoms with Crippen molar-refractivity contribution in [1.29, 1.82) is 0 Å². The molecule has 0 spiro atoms. The standard InChI is InChI=1S/C16H15N5O3/c1-10-4-2-5-11(8-10)18-16(23)15(22)17-9-13-19-14(21-20-13)12-6-3-7-24-12/h2-8H,9H2,1H3,(H,17,22)(H,18,23)(H,19,20,21). The molecule has 8 heteroatoms. The summed E-state index contributed by atoms with van der Waals surface area (Å²) in [5.74, 6) is -0.189. The van der Waals surface area contributed by atoms with Gasteiger partial charge in [0.15, 0.2) is 5.76 Å². The average Bonchev–Trinajstić information content (AvgIpc) is 3.23. The Kier molecular flexibility index (Phi) is 4.37. The predicted octanol–water partition coefficient (Wildman–Crippen LogP) is 1.63. The van der Waals surface area contributed by atoms with E-state index in [2.05, 4.69) is 25.8 Å². The van der Waals surface area contributed by atoms with Crippen LogP contribution >= 0.6 is 0 Å². The van der Waals surface area contributed by atoms with E-state index in [-0.39, 0.29) is 6.54 Å². The van der Waals surface area contributed by atoms with Gasteiger partial charge in [0, 0.05) is 5.69 Å². The predicted molar refractivity (Wildman–Crippen MR) is 85.7 cm³/mol. The molecule has 1 aromatic carbocycles. The Balaban J connectivity index is 1.54. The highest BCUT2D eigenvalue weighted by Gasteiger charge is 2.15. The van der Waals surface area contributed by atoms with Gasteiger partial charge in [0.2, 0.25) is 5.82 Å². The number of carbonyl (C=O) groups is 2. The molecule has 0 atom stereocenters. The van der Waals surface area contributed by atoms with Gasteiger partial charge in [-0.25, -0.2) is 4.98 Å². The molecule has 3 rings (SSSR count). The van der Waals surface area contributed by atoms with Crippen molar-refractivity contribution in [1.82, 2.24) is 20.5 Å². The molecule has 0 saturated carbocycles. The molecule has 122 valence electrons. The first-order valence-electron chi connectivity index (χ1n) is 7.23. The van der Waals surface area contributed by atoms with Crippen LogP contribution in [0.2, 0.25) is 0 Å². The fraction of sp³-hybridized carbons (Fsp3) is 0.125. The Morgan fingerprint density at radius 1 is 1.21 bits per heavy atom. The SMILES string of the molecule is Cc1cccc(NC(=O)C(=O)NCc2nc(-c3ccco3)n[nH]2)c1. The van der Waals surface area contributed by atoms with Gasteiger partial charge in [-0.2, -0.15) is 0 Å². The molecule has 2 aromatic heterocycles. The smallest absolute Gasteiger partial charge is 0.313 e. The van der Waals surface area contributed by atoms with Crippen molar-refractivity contribution < 1.29 is 14.0 Å². The second kappa shape index (κ2) is 6.78. The summed E-state index contributed by atoms with van der Waals surface area (Å²) in [6, 6.07) is 10.6. The van der Waals surface area contributed by atoms with E-state index in [4.69, 9.17) is 4.42 Å². The third kappa shape index (κ3) is 3.67. The number of nitrogens with one attached hydrogen (secondary N) is 3. The molecule has 8 nitrogen and oxygen atoms in total. The van der Waals surface area contributed by atoms with Crippen LogP contribution in [0.1, 0.15) is 11.4 Å². The summed E-state index contributed by atoms with van der Waals surface area (Å²) in [5, 5.41) is 11.7. The number of H-pyrrole nitrogens is 1. The Morgan fingerprint density at radius 3 is 2.83 bits per heavy atom. The van der Waals surface area contributed by atoms with Crippen molar-refractivity contribution in [3.8, 4) is 11.6 Å². The van der Waals surface area contributed by atoms with E-state index in [1.807, 2.05) is 13.0 Å². The van der Waals surface area contributed by atoms with E-state index in [9.17, 15) is 9.59 Å². The Bertz CT molecular complexity index is 854. The van der Waals surface area contributed by atoms with Crippen LogP contribution in [-0.2, 0) is 16.1 Å². The molecule has 0 unspecified atom stereocenters. The monoisotopic (exact) mass is 325 g/mol. The maximum Gasteiger partial charge on any atom is 0.313 e. The number of aromatic amines is 1. The van der Waals surface area contributed by atoms with Crippen molar-refractivity contribution in [3.63, 3.8) is 0 Å². The first kappa shape index (κ1) is 15.5. The molecule has 0 aliphatic carbocycles. The van der Waals surface area contributed by atoms with Gasteiger partial charge in [-0.1, -0.05) is 12.1 Å². The fourth-order valence-corrected chi connectivity index (χ4v) is 2.05. The second-order valence-electron chi connectivity index (χ2n) is 5.09. The van der Waals surface area contributed by atoms with Crippen LogP contribution in [0.3, 0.4) is 0 Å². The molecule has 0 bridgehead atoms. The summed E-state index contributed by atoms with van der Waals surface area (Å²) in [6.07, 6.45) is 1.52. The highest BCUT2D eigenvalue weighted by atomic mass is 16.3. The van der Waals surface area contributed by atoms with E-state index < -0.39 is 11.8 Å². The number of hydrogen-bond acceptors (Lipinski definition) is 5. The molecule has 3 aromatic rings. The van der Waals surface area contributed by atoms with Crippen LogP contribution < -0.4 is 10.6 Å². The Morgan fingerprint density at radius 2 is 2.08 bits per heavy atom. The van der Waals surface area contributed by atoms with Crippen LogP contribution in [0.5, 0.6) is 0 Å². The molecule has 0 fully saturated rings. The summed E-state index contributed by atoms with van der Waals surface area (Å²) < 4.78 is 5.18. The first-order chi connectivity index (χ1) is 11.6. The van der Waals surface area contributed by atoms with E-state index in [1.54, 1.807) is 30.3 Å². The van der Waals surface area contributed by atoms with Crippen LogP contribution in [0.15, 0.2) is 47.1 Å². The van der Waals surface area contributed by atoms with Crippen LogP contribution in [-0.4, -0.2) is 27.0 Å². The molecule has 3 N–H and O–H groups in total. The summed E-state index contributed by atoms with van der Waals surface area (Å²) >= 11 is 0. The summed E-state index contributed by atoms with van der Waals surface area (Å²) in [6.45, 7) is 1.95. The van der Waals surface area contributed by atoms with E-state index in [0.717, 1.165) is 5.56 Å². The Labute approximate surface area is 137 Å². The Hall–Kier alpha value is -3.42. The van der Waals surface area contributed by atoms with Crippen LogP contribution in [0, 0.1) is 6.92 Å². The van der Waals surface area contributed by atoms with Gasteiger partial charge < -0.3 is 15.1 Å². The molecule has 0 radical (unpaired) electrons. The average molecular weight is 325 g/mol. The third-order valence-corrected chi connectivity index (χ3v) is 3.17. The van der Waals surface area contributed by atoms with Crippen LogP contribution in [0.4, 0.5) is 5.69 Å². The first-order valence-corrected chi connectivity index (χ1v) is 7.23. The number of furan rings is 1. The maximum absolute atomic E-state index is 11.9. The molecule has 0 aliphatic heterocycles. The van der Waals surface area contributed by atoms with Crippen molar-refractivity contribution in [2.45, 2.75) is 13.5 Å². The van der Waals surface area contributed by atoms with Crippen molar-refractivity contribution in [3.05, 3.63) is 54.0 Å². The van der Waals surface area contributed by atoms with E-state index >= 15 is 0 Å². The van der Waals surface area contributed by atoms with Crippen molar-refractivity contribution >= 4 is 17.5 Å². The van der Waals surface area contributed by atoms with Gasteiger partial charge in [-0.05, 0) is 36.8 Å². The number of carbonyl (C=O) groups excluding carboxylic acids is 2. The largest absolute Gasteiger partial charge is 0.461 e. The lowest BCUT2D eigenvalue weighted by atomic mass is 10.2. The maximum atomic E-state index is 11.9. The lowest BCUT2D eigenvalue weighted by Gasteiger charge is -2.06. The summed E-state index contributed by atoms with van der Waals surface area (Å²) in [7, 11) is 0. The number of aromatic nitrogens is 3. The highest BCUT2D eigenvalue weighted by Crippen LogP contribution is 2.14. The number of aryl methyl sites for hydroxylation is 1. The molecule has 0 aliphatic rings. The van der Waals surface area contributed by atoms with Gasteiger partial charge in [-0.3, -0.25) is 14.7 Å². The lowest BCUT2D eigenvalue weighted by molar-refractivity contribution is -0.136. The normalized spacial score (nSPS) is 10.4. The number of benzene rings is 1. The molecular weight excluding hydrogens is 310 g/mol. The summed E-state index contributed by atoms with van der Waals surface area (Å²) in [4.78, 5) is 27.9. The van der Waals surface area contributed by atoms with Gasteiger partial charge in [0.1, 0.15) is 5.82 Å². The number of hydrogen-bond donors (Lipinski definition) is 3. The zero-order valence-corrected chi connectivity index (χ0v) is 12.9. The van der Waals surface area contributed by atoms with Crippen molar-refractivity contribution in [2.75, 3.05) is 5.32 Å². The van der Waals surface area contributed by atoms with Gasteiger partial charge in [0.05, 0.1) is 12.8 Å². The minimum absolute atomic E-state index is 0.0494. The third-order valence-electron chi connectivity index (χ3n) is 3.17. The van der Waals surface area contributed by atoms with Gasteiger partial charge in [-0.15, -0.1) is 5.10 Å². The minimum Gasteiger partial charge on any atom is -0.461 e. The van der Waals surface area contributed by atoms with E-state index in [0.29, 0.717) is 23.1 Å². The number of amides is 2. The van der Waals surface area contributed by atoms with Crippen molar-refractivity contribution in [2.24, 2.45) is 0 Å². The van der Waals surface area contributed by atoms with Gasteiger partial charge in [0.25, 0.3) is 0 Å². The summed E-state index contributed by atoms with van der Waals surface area (Å²) in [5.41, 5.74) is 1.55. The highest BCUT2D eigenvalue weighted by molar-refractivity contribution is 6.39. The number of nitrogens with zero attached hydrogens (tertiary/aromatic N) is 2. The van der Waals surface area contributed by atoms with Crippen LogP contribution in [0.25, 0.3) is 11.6 Å². The molecule has 2 amide bonds. The minimum atomic E-state index is -0.757. The number of rotatable bonds is 4. The van der Waals surface area contributed by atoms with E-state index in [1.165, 1.54) is 6.26 Å². The number of anilines is 1. The fourth-order valence-electron chi connectivity index (χ4n) is 2.05. The zero-order chi connectivity index (χ0) is 16.9. The van der Waals surface area contributed by atoms with Gasteiger partial charge >= 0.3 is 11.8 Å². The second-order valence-corrected chi connectivity index (χ2v) is 5.09. The molecular formula is C16H15N5O3. The molecule has 24 heavy (non-hydrogen) atoms. The quantitative estimate of drug-likeness (QED) is 0.631. The topological polar surface area (TPSA) is 113 Å². The lowest BCUT2D eigenvalue weighted by Crippen LogP contribution is -2.35. The zero-order valence-electron chi connectivity index (χ0n) is 12.9. The molecule has 0 saturated heterocycles.